The molecule has 0 aromatic carbocycles. The highest BCUT2D eigenvalue weighted by Crippen LogP contribution is 2.48. The van der Waals surface area contributed by atoms with Gasteiger partial charge >= 0.3 is 15.2 Å². The zero-order valence-electron chi connectivity index (χ0n) is 19.0. The summed E-state index contributed by atoms with van der Waals surface area (Å²) in [7, 11) is -10.5. The van der Waals surface area contributed by atoms with Gasteiger partial charge in [0.25, 0.3) is 0 Å². The van der Waals surface area contributed by atoms with Crippen molar-refractivity contribution in [1.82, 2.24) is 5.32 Å². The molecular weight excluding hydrogens is 538 g/mol. The molecule has 0 aromatic heterocycles. The van der Waals surface area contributed by atoms with Crippen molar-refractivity contribution in [2.75, 3.05) is 25.9 Å². The lowest BCUT2D eigenvalue weighted by Gasteiger charge is -2.42. The number of nitrogens with one attached hydrogen (secondary N) is 1. The fourth-order valence-corrected chi connectivity index (χ4v) is 5.88. The topological polar surface area (TPSA) is 355 Å². The van der Waals surface area contributed by atoms with Gasteiger partial charge < -0.3 is 76.4 Å². The van der Waals surface area contributed by atoms with Crippen LogP contribution in [0.5, 0.6) is 0 Å². The predicted octanol–water partition coefficient (Wildman–Crippen LogP) is -7.39. The second-order valence-electron chi connectivity index (χ2n) is 8.59. The Morgan fingerprint density at radius 3 is 1.25 bits per heavy atom. The molecule has 0 fully saturated rings. The van der Waals surface area contributed by atoms with Gasteiger partial charge in [-0.05, 0) is 12.8 Å². The number of rotatable bonds is 18. The number of nitrogens with two attached hydrogens (primary N) is 1. The third kappa shape index (κ3) is 11.3. The van der Waals surface area contributed by atoms with Crippen LogP contribution in [0.1, 0.15) is 12.8 Å². The van der Waals surface area contributed by atoms with E-state index in [1.807, 2.05) is 0 Å². The van der Waals surface area contributed by atoms with Crippen molar-refractivity contribution in [3.8, 4) is 0 Å². The molecule has 0 saturated heterocycles. The predicted molar refractivity (Wildman–Crippen MR) is 119 cm³/mol. The minimum absolute atomic E-state index is 0.810. The van der Waals surface area contributed by atoms with Gasteiger partial charge in [0, 0.05) is 12.1 Å². The van der Waals surface area contributed by atoms with Crippen LogP contribution in [-0.2, 0) is 9.13 Å². The molecule has 0 aliphatic heterocycles. The Kier molecular flexibility index (Phi) is 14.8. The van der Waals surface area contributed by atoms with Gasteiger partial charge in [-0.3, -0.25) is 14.4 Å². The first kappa shape index (κ1) is 35.8. The van der Waals surface area contributed by atoms with Crippen molar-refractivity contribution in [3.05, 3.63) is 0 Å². The second-order valence-corrected chi connectivity index (χ2v) is 12.1. The van der Waals surface area contributed by atoms with Crippen molar-refractivity contribution in [3.63, 3.8) is 0 Å². The minimum atomic E-state index is -5.39. The van der Waals surface area contributed by atoms with Crippen molar-refractivity contribution >= 4 is 15.2 Å². The summed E-state index contributed by atoms with van der Waals surface area (Å²) in [4.78, 5) is 37.7. The Hall–Kier alpha value is -0.180. The molecule has 0 bridgehead atoms. The van der Waals surface area contributed by atoms with E-state index < -0.39 is 114 Å². The van der Waals surface area contributed by atoms with Crippen molar-refractivity contribution in [2.45, 2.75) is 73.0 Å². The number of hydrogen-bond donors (Lipinski definition) is 16. The van der Waals surface area contributed by atoms with Crippen LogP contribution in [0.4, 0.5) is 0 Å². The largest absolute Gasteiger partial charge is 0.394 e. The second kappa shape index (κ2) is 14.8. The maximum Gasteiger partial charge on any atom is 0.343 e. The van der Waals surface area contributed by atoms with Crippen LogP contribution in [-0.4, -0.2) is 157 Å². The normalized spacial score (nSPS) is 21.2. The highest BCUT2D eigenvalue weighted by atomic mass is 31.2. The van der Waals surface area contributed by atoms with E-state index in [-0.39, 0.29) is 0 Å². The average molecular weight is 576 g/mol. The van der Waals surface area contributed by atoms with Crippen LogP contribution in [0.25, 0.3) is 0 Å². The number of aliphatic hydroxyl groups is 10. The van der Waals surface area contributed by atoms with Gasteiger partial charge in [0.05, 0.1) is 31.6 Å². The van der Waals surface area contributed by atoms with Crippen LogP contribution in [0.15, 0.2) is 0 Å². The number of aliphatic hydroxyl groups excluding tert-OH is 10. The van der Waals surface area contributed by atoms with E-state index in [9.17, 15) is 69.6 Å². The molecule has 0 saturated carbocycles. The van der Waals surface area contributed by atoms with E-state index >= 15 is 0 Å². The fourth-order valence-electron chi connectivity index (χ4n) is 3.41. The van der Waals surface area contributed by atoms with E-state index in [2.05, 4.69) is 5.32 Å². The third-order valence-electron chi connectivity index (χ3n) is 5.53. The fraction of sp³-hybridized carbons (Fsp3) is 1.00. The molecule has 0 heterocycles. The Balaban J connectivity index is 6.31. The van der Waals surface area contributed by atoms with E-state index in [4.69, 9.17) is 15.9 Å². The van der Waals surface area contributed by atoms with E-state index in [1.165, 1.54) is 0 Å². The van der Waals surface area contributed by atoms with Crippen LogP contribution >= 0.6 is 15.2 Å². The summed E-state index contributed by atoms with van der Waals surface area (Å²) in [6.07, 6.45) is -20.2. The molecule has 218 valence electrons. The molecule has 17 N–H and O–H groups in total. The van der Waals surface area contributed by atoms with Crippen molar-refractivity contribution < 1.29 is 79.8 Å². The molecular formula is C16H38N2O16P2. The maximum absolute atomic E-state index is 11.9. The van der Waals surface area contributed by atoms with Crippen LogP contribution < -0.4 is 11.1 Å². The van der Waals surface area contributed by atoms with E-state index in [1.54, 1.807) is 0 Å². The molecule has 9 atom stereocenters. The first-order chi connectivity index (χ1) is 16.2. The molecule has 1 unspecified atom stereocenters. The molecule has 0 aromatic rings. The Morgan fingerprint density at radius 2 is 1.00 bits per heavy atom. The first-order valence-corrected chi connectivity index (χ1v) is 14.0. The van der Waals surface area contributed by atoms with Crippen LogP contribution in [0, 0.1) is 0 Å². The third-order valence-corrected chi connectivity index (χ3v) is 7.78. The molecule has 18 nitrogen and oxygen atoms in total. The van der Waals surface area contributed by atoms with E-state index in [0.717, 1.165) is 0 Å². The summed E-state index contributed by atoms with van der Waals surface area (Å²) in [6, 6.07) is 0. The first-order valence-electron chi connectivity index (χ1n) is 10.5. The molecule has 0 radical (unpaired) electrons. The van der Waals surface area contributed by atoms with Crippen molar-refractivity contribution in [1.29, 1.82) is 0 Å². The smallest absolute Gasteiger partial charge is 0.343 e. The summed E-state index contributed by atoms with van der Waals surface area (Å²) in [5.74, 6) is -2.35. The summed E-state index contributed by atoms with van der Waals surface area (Å²) in [6.45, 7) is -2.89. The number of hydrogen-bond acceptors (Lipinski definition) is 14. The van der Waals surface area contributed by atoms with Gasteiger partial charge in [-0.25, -0.2) is 0 Å². The minimum Gasteiger partial charge on any atom is -0.394 e. The molecule has 0 aliphatic carbocycles. The van der Waals surface area contributed by atoms with Crippen molar-refractivity contribution in [2.24, 2.45) is 5.73 Å². The standard InChI is InChI=1S/C16H38N2O16P2/c17-6-16(1-7(21)12(25)14(27)9(23)3-19,2-8(22)13(26)15(28)10(24)4-20)18-11(36(32,33)34)5-35(29,30)31/h7-15,18-28H,1-6,17H2,(H2,29,30,31)(H2,32,33,34)/t7-,8-,9+,10+,11?,12+,13+,14+,15+/m0/s1. The van der Waals surface area contributed by atoms with Crippen LogP contribution in [0.3, 0.4) is 0 Å². The Morgan fingerprint density at radius 1 is 0.667 bits per heavy atom. The van der Waals surface area contributed by atoms with Crippen LogP contribution in [0.2, 0.25) is 0 Å². The van der Waals surface area contributed by atoms with Gasteiger partial charge in [-0.2, -0.15) is 0 Å². The zero-order chi connectivity index (χ0) is 28.6. The lowest BCUT2D eigenvalue weighted by Crippen LogP contribution is -2.62. The van der Waals surface area contributed by atoms with Gasteiger partial charge in [-0.1, -0.05) is 0 Å². The molecule has 20 heteroatoms. The highest BCUT2D eigenvalue weighted by Gasteiger charge is 2.46. The maximum atomic E-state index is 11.9. The Bertz CT molecular complexity index is 707. The molecule has 0 amide bonds. The lowest BCUT2D eigenvalue weighted by molar-refractivity contribution is -0.130. The molecule has 0 aliphatic rings. The van der Waals surface area contributed by atoms with Gasteiger partial charge in [0.2, 0.25) is 0 Å². The van der Waals surface area contributed by atoms with E-state index in [0.29, 0.717) is 0 Å². The zero-order valence-corrected chi connectivity index (χ0v) is 20.8. The molecule has 0 rings (SSSR count). The summed E-state index contributed by atoms with van der Waals surface area (Å²) in [5, 5.41) is 99.7. The van der Waals surface area contributed by atoms with Gasteiger partial charge in [0.1, 0.15) is 42.4 Å². The quantitative estimate of drug-likeness (QED) is 0.0673. The summed E-state index contributed by atoms with van der Waals surface area (Å²) < 4.78 is 23.4. The SMILES string of the molecule is NCC(C[C@H](O)[C@@H](O)[C@H](O)[C@H](O)CO)(C[C@H](O)[C@@H](O)[C@H](O)[C@H](O)CO)NC(CP(=O)(O)O)P(=O)(O)O. The average Bonchev–Trinajstić information content (AvgIpc) is 2.78. The molecule has 0 spiro atoms. The summed E-state index contributed by atoms with van der Waals surface area (Å²) in [5.41, 5.74) is 3.49. The monoisotopic (exact) mass is 576 g/mol. The van der Waals surface area contributed by atoms with Gasteiger partial charge in [-0.15, -0.1) is 0 Å². The molecule has 36 heavy (non-hydrogen) atoms. The Labute approximate surface area is 205 Å². The van der Waals surface area contributed by atoms with Gasteiger partial charge in [0.15, 0.2) is 0 Å². The summed E-state index contributed by atoms with van der Waals surface area (Å²) >= 11 is 0. The highest BCUT2D eigenvalue weighted by molar-refractivity contribution is 7.56. The lowest BCUT2D eigenvalue weighted by atomic mass is 9.81.